The SMILES string of the molecule is O=C(CSS(=O)(=O)[O-])N1c2ccccc2Sc2ccccc21. The predicted molar refractivity (Wildman–Crippen MR) is 86.3 cm³/mol. The summed E-state index contributed by atoms with van der Waals surface area (Å²) in [4.78, 5) is 15.7. The van der Waals surface area contributed by atoms with E-state index in [1.165, 1.54) is 4.90 Å². The topological polar surface area (TPSA) is 77.5 Å². The minimum absolute atomic E-state index is 0.103. The molecule has 8 heteroatoms. The number of carbonyl (C=O) groups excluding carboxylic acids is 1. The van der Waals surface area contributed by atoms with Gasteiger partial charge in [-0.2, -0.15) is 0 Å². The minimum Gasteiger partial charge on any atom is -0.739 e. The lowest BCUT2D eigenvalue weighted by molar-refractivity contribution is -0.115. The molecule has 0 aromatic heterocycles. The van der Waals surface area contributed by atoms with Gasteiger partial charge < -0.3 is 4.55 Å². The Bertz CT molecular complexity index is 790. The Morgan fingerprint density at radius 3 is 2.05 bits per heavy atom. The maximum absolute atomic E-state index is 12.5. The average molecular weight is 352 g/mol. The number of benzene rings is 2. The first-order valence-electron chi connectivity index (χ1n) is 6.25. The van der Waals surface area contributed by atoms with Gasteiger partial charge in [0.2, 0.25) is 5.91 Å². The molecule has 0 saturated carbocycles. The number of amides is 1. The predicted octanol–water partition coefficient (Wildman–Crippen LogP) is 3.01. The first kappa shape index (κ1) is 15.4. The molecule has 0 bridgehead atoms. The van der Waals surface area contributed by atoms with Gasteiger partial charge in [0.15, 0.2) is 0 Å². The normalized spacial score (nSPS) is 13.4. The van der Waals surface area contributed by atoms with Gasteiger partial charge in [0.1, 0.15) is 9.15 Å². The molecule has 2 aromatic carbocycles. The molecule has 0 radical (unpaired) electrons. The number of fused-ring (bicyclic) bond motifs is 2. The van der Waals surface area contributed by atoms with E-state index in [1.54, 1.807) is 23.9 Å². The van der Waals surface area contributed by atoms with Gasteiger partial charge in [-0.3, -0.25) is 9.69 Å². The van der Waals surface area contributed by atoms with Crippen LogP contribution in [0.4, 0.5) is 11.4 Å². The van der Waals surface area contributed by atoms with Crippen molar-refractivity contribution in [2.45, 2.75) is 9.79 Å². The number of nitrogens with zero attached hydrogens (tertiary/aromatic N) is 1. The van der Waals surface area contributed by atoms with E-state index in [1.807, 2.05) is 36.4 Å². The summed E-state index contributed by atoms with van der Waals surface area (Å²) in [5, 5.41) is 0. The fourth-order valence-corrected chi connectivity index (χ4v) is 4.33. The fourth-order valence-electron chi connectivity index (χ4n) is 2.16. The van der Waals surface area contributed by atoms with Gasteiger partial charge in [0, 0.05) is 9.79 Å². The molecule has 0 unspecified atom stereocenters. The third kappa shape index (κ3) is 3.14. The monoisotopic (exact) mass is 352 g/mol. The summed E-state index contributed by atoms with van der Waals surface area (Å²) in [5.74, 6) is -0.858. The van der Waals surface area contributed by atoms with Crippen molar-refractivity contribution in [3.8, 4) is 0 Å². The summed E-state index contributed by atoms with van der Waals surface area (Å²) < 4.78 is 32.2. The fraction of sp³-hybridized carbons (Fsp3) is 0.0714. The van der Waals surface area contributed by atoms with E-state index in [2.05, 4.69) is 0 Å². The van der Waals surface area contributed by atoms with Crippen LogP contribution in [0.1, 0.15) is 0 Å². The van der Waals surface area contributed by atoms with Crippen LogP contribution in [0.2, 0.25) is 0 Å². The number of carbonyl (C=O) groups is 1. The molecule has 3 rings (SSSR count). The molecule has 0 spiro atoms. The molecule has 1 aliphatic heterocycles. The largest absolute Gasteiger partial charge is 0.739 e. The molecular weight excluding hydrogens is 342 g/mol. The Hall–Kier alpha value is -1.48. The summed E-state index contributed by atoms with van der Waals surface area (Å²) in [7, 11) is -4.40. The molecule has 114 valence electrons. The van der Waals surface area contributed by atoms with E-state index in [9.17, 15) is 17.8 Å². The molecule has 22 heavy (non-hydrogen) atoms. The standard InChI is InChI=1S/C14H11NO4S3/c16-14(9-20-22(17,18)19)15-10-5-1-3-7-12(10)21-13-8-4-2-6-11(13)15/h1-8H,9H2,(H,17,18,19)/p-1. The van der Waals surface area contributed by atoms with Gasteiger partial charge in [-0.15, -0.1) is 0 Å². The van der Waals surface area contributed by atoms with E-state index in [-0.39, 0.29) is 10.8 Å². The van der Waals surface area contributed by atoms with Gasteiger partial charge in [0.05, 0.1) is 17.1 Å². The molecular formula is C14H10NO4S3-. The number of hydrogen-bond donors (Lipinski definition) is 0. The third-order valence-electron chi connectivity index (χ3n) is 3.01. The second kappa shape index (κ2) is 5.96. The van der Waals surface area contributed by atoms with Crippen molar-refractivity contribution in [1.29, 1.82) is 0 Å². The van der Waals surface area contributed by atoms with Crippen LogP contribution in [0.15, 0.2) is 58.3 Å². The van der Waals surface area contributed by atoms with Crippen molar-refractivity contribution in [3.05, 3.63) is 48.5 Å². The zero-order chi connectivity index (χ0) is 15.7. The number of rotatable bonds is 3. The second-order valence-electron chi connectivity index (χ2n) is 4.44. The van der Waals surface area contributed by atoms with Gasteiger partial charge in [0.25, 0.3) is 0 Å². The molecule has 5 nitrogen and oxygen atoms in total. The zero-order valence-electron chi connectivity index (χ0n) is 11.1. The highest BCUT2D eigenvalue weighted by atomic mass is 33.1. The first-order valence-corrected chi connectivity index (χ1v) is 9.97. The summed E-state index contributed by atoms with van der Waals surface area (Å²) in [6, 6.07) is 14.8. The molecule has 0 aliphatic carbocycles. The molecule has 1 heterocycles. The van der Waals surface area contributed by atoms with E-state index in [4.69, 9.17) is 0 Å². The zero-order valence-corrected chi connectivity index (χ0v) is 13.6. The average Bonchev–Trinajstić information content (AvgIpc) is 2.49. The van der Waals surface area contributed by atoms with Crippen LogP contribution in [0.5, 0.6) is 0 Å². The lowest BCUT2D eigenvalue weighted by Crippen LogP contribution is -2.30. The molecule has 0 atom stereocenters. The van der Waals surface area contributed by atoms with E-state index >= 15 is 0 Å². The Kier molecular flexibility index (Phi) is 4.18. The first-order chi connectivity index (χ1) is 10.5. The van der Waals surface area contributed by atoms with Gasteiger partial charge in [-0.25, -0.2) is 8.42 Å². The van der Waals surface area contributed by atoms with Crippen LogP contribution >= 0.6 is 22.6 Å². The highest BCUT2D eigenvalue weighted by Crippen LogP contribution is 2.48. The second-order valence-corrected chi connectivity index (χ2v) is 8.79. The lowest BCUT2D eigenvalue weighted by Gasteiger charge is -2.31. The van der Waals surface area contributed by atoms with Crippen molar-refractivity contribution >= 4 is 49.0 Å². The van der Waals surface area contributed by atoms with Crippen molar-refractivity contribution in [3.63, 3.8) is 0 Å². The van der Waals surface area contributed by atoms with Crippen LogP contribution in [0, 0.1) is 0 Å². The Balaban J connectivity index is 2.01. The Morgan fingerprint density at radius 2 is 1.55 bits per heavy atom. The molecule has 2 aromatic rings. The molecule has 0 fully saturated rings. The maximum Gasteiger partial charge on any atom is 0.242 e. The number of anilines is 2. The third-order valence-corrected chi connectivity index (χ3v) is 6.01. The minimum atomic E-state index is -4.50. The molecule has 1 aliphatic rings. The van der Waals surface area contributed by atoms with Crippen molar-refractivity contribution in [2.24, 2.45) is 0 Å². The molecule has 1 amide bonds. The smallest absolute Gasteiger partial charge is 0.242 e. The van der Waals surface area contributed by atoms with E-state index in [0.717, 1.165) is 9.79 Å². The highest BCUT2D eigenvalue weighted by molar-refractivity contribution is 8.70. The lowest BCUT2D eigenvalue weighted by atomic mass is 10.2. The van der Waals surface area contributed by atoms with Crippen LogP contribution in [0.25, 0.3) is 0 Å². The molecule has 0 saturated heterocycles. The summed E-state index contributed by atoms with van der Waals surface area (Å²) in [6.45, 7) is 0. The van der Waals surface area contributed by atoms with Crippen LogP contribution in [-0.4, -0.2) is 24.6 Å². The maximum atomic E-state index is 12.5. The van der Waals surface area contributed by atoms with Gasteiger partial charge in [-0.1, -0.05) is 36.0 Å². The summed E-state index contributed by atoms with van der Waals surface area (Å²) in [6.07, 6.45) is 0. The Morgan fingerprint density at radius 1 is 1.05 bits per heavy atom. The number of hydrogen-bond acceptors (Lipinski definition) is 6. The van der Waals surface area contributed by atoms with Crippen LogP contribution in [-0.2, 0) is 13.9 Å². The van der Waals surface area contributed by atoms with Crippen molar-refractivity contribution in [1.82, 2.24) is 0 Å². The summed E-state index contributed by atoms with van der Waals surface area (Å²) in [5.41, 5.74) is 1.39. The number of para-hydroxylation sites is 2. The van der Waals surface area contributed by atoms with E-state index < -0.39 is 20.8 Å². The quantitative estimate of drug-likeness (QED) is 0.624. The van der Waals surface area contributed by atoms with Crippen LogP contribution < -0.4 is 4.90 Å². The van der Waals surface area contributed by atoms with Gasteiger partial charge in [-0.05, 0) is 35.1 Å². The van der Waals surface area contributed by atoms with Crippen molar-refractivity contribution in [2.75, 3.05) is 10.7 Å². The van der Waals surface area contributed by atoms with Crippen LogP contribution in [0.3, 0.4) is 0 Å². The summed E-state index contributed by atoms with van der Waals surface area (Å²) >= 11 is 1.55. The molecule has 0 N–H and O–H groups in total. The van der Waals surface area contributed by atoms with Crippen molar-refractivity contribution < 1.29 is 17.8 Å². The van der Waals surface area contributed by atoms with Gasteiger partial charge >= 0.3 is 0 Å². The Labute approximate surface area is 135 Å². The highest BCUT2D eigenvalue weighted by Gasteiger charge is 2.27. The van der Waals surface area contributed by atoms with E-state index in [0.29, 0.717) is 11.4 Å².